The van der Waals surface area contributed by atoms with E-state index in [4.69, 9.17) is 0 Å². The van der Waals surface area contributed by atoms with Crippen LogP contribution in [0.2, 0.25) is 0 Å². The van der Waals surface area contributed by atoms with Gasteiger partial charge in [0.25, 0.3) is 0 Å². The topological polar surface area (TPSA) is 4.93 Å². The molecule has 0 bridgehead atoms. The van der Waals surface area contributed by atoms with Crippen molar-refractivity contribution in [3.05, 3.63) is 105 Å². The number of hydrogen-bond acceptors (Lipinski definition) is 0. The van der Waals surface area contributed by atoms with Crippen molar-refractivity contribution in [3.63, 3.8) is 0 Å². The highest BCUT2D eigenvalue weighted by molar-refractivity contribution is 5.90. The van der Waals surface area contributed by atoms with Gasteiger partial charge in [0.15, 0.2) is 0 Å². The summed E-state index contributed by atoms with van der Waals surface area (Å²) < 4.78 is 2.29. The number of hydrogen-bond donors (Lipinski definition) is 0. The molecule has 0 fully saturated rings. The molecule has 29 heavy (non-hydrogen) atoms. The average molecular weight is 378 g/mol. The van der Waals surface area contributed by atoms with Crippen LogP contribution in [0.4, 0.5) is 0 Å². The first kappa shape index (κ1) is 19.0. The zero-order valence-corrected chi connectivity index (χ0v) is 17.3. The van der Waals surface area contributed by atoms with Crippen LogP contribution in [0.3, 0.4) is 0 Å². The lowest BCUT2D eigenvalue weighted by Crippen LogP contribution is -2.14. The van der Waals surface area contributed by atoms with Crippen LogP contribution in [0.15, 0.2) is 72.8 Å². The molecule has 0 amide bonds. The van der Waals surface area contributed by atoms with Crippen LogP contribution >= 0.6 is 0 Å². The number of allylic oxidation sites excluding steroid dienone is 1. The van der Waals surface area contributed by atoms with Gasteiger partial charge in [0.1, 0.15) is 0 Å². The Morgan fingerprint density at radius 3 is 2.31 bits per heavy atom. The van der Waals surface area contributed by atoms with E-state index in [1.807, 2.05) is 19.9 Å². The zero-order valence-electron chi connectivity index (χ0n) is 17.3. The predicted octanol–water partition coefficient (Wildman–Crippen LogP) is 5.72. The fourth-order valence-corrected chi connectivity index (χ4v) is 4.31. The summed E-state index contributed by atoms with van der Waals surface area (Å²) in [5.74, 6) is 0. The Labute approximate surface area is 172 Å². The van der Waals surface area contributed by atoms with E-state index in [1.165, 1.54) is 32.5 Å². The molecule has 4 aromatic rings. The van der Waals surface area contributed by atoms with Crippen LogP contribution in [-0.2, 0) is 6.42 Å². The Morgan fingerprint density at radius 1 is 0.828 bits per heavy atom. The molecular weight excluding hydrogens is 350 g/mol. The maximum absolute atomic E-state index is 4.52. The van der Waals surface area contributed by atoms with Gasteiger partial charge < -0.3 is 4.57 Å². The van der Waals surface area contributed by atoms with Crippen LogP contribution in [-0.4, -0.2) is 4.57 Å². The van der Waals surface area contributed by atoms with Gasteiger partial charge in [-0.15, -0.1) is 0 Å². The van der Waals surface area contributed by atoms with Crippen molar-refractivity contribution in [2.75, 3.05) is 0 Å². The number of aromatic nitrogens is 1. The molecule has 1 aromatic heterocycles. The molecule has 5 rings (SSSR count). The summed E-state index contributed by atoms with van der Waals surface area (Å²) in [5.41, 5.74) is 5.11. The van der Waals surface area contributed by atoms with Gasteiger partial charge in [-0.05, 0) is 52.6 Å². The van der Waals surface area contributed by atoms with Crippen molar-refractivity contribution >= 4 is 30.1 Å². The minimum atomic E-state index is 1.02. The monoisotopic (exact) mass is 377 g/mol. The first-order valence-electron chi connectivity index (χ1n) is 10.4. The third-order valence-corrected chi connectivity index (χ3v) is 5.54. The predicted molar refractivity (Wildman–Crippen MR) is 126 cm³/mol. The van der Waals surface area contributed by atoms with Gasteiger partial charge in [-0.25, -0.2) is 0 Å². The third kappa shape index (κ3) is 3.13. The van der Waals surface area contributed by atoms with Gasteiger partial charge in [-0.3, -0.25) is 0 Å². The number of aryl methyl sites for hydroxylation is 1. The molecule has 0 atom stereocenters. The number of rotatable bonds is 1. The van der Waals surface area contributed by atoms with Crippen LogP contribution in [0.5, 0.6) is 0 Å². The van der Waals surface area contributed by atoms with Crippen molar-refractivity contribution < 1.29 is 0 Å². The number of benzene rings is 3. The van der Waals surface area contributed by atoms with E-state index in [2.05, 4.69) is 90.5 Å². The molecule has 0 radical (unpaired) electrons. The second-order valence-corrected chi connectivity index (χ2v) is 7.12. The first-order chi connectivity index (χ1) is 14.3. The summed E-state index contributed by atoms with van der Waals surface area (Å²) in [4.78, 5) is 0. The molecule has 0 unspecified atom stereocenters. The summed E-state index contributed by atoms with van der Waals surface area (Å²) in [5, 5.41) is 5.77. The van der Waals surface area contributed by atoms with Crippen molar-refractivity contribution in [2.45, 2.75) is 26.7 Å². The van der Waals surface area contributed by atoms with Gasteiger partial charge in [0, 0.05) is 21.6 Å². The molecule has 1 aliphatic carbocycles. The lowest BCUT2D eigenvalue weighted by atomic mass is 9.93. The minimum absolute atomic E-state index is 1.02. The Kier molecular flexibility index (Phi) is 5.22. The molecule has 0 aliphatic heterocycles. The fraction of sp³-hybridized carbons (Fsp3) is 0.143. The van der Waals surface area contributed by atoms with Crippen molar-refractivity contribution in [1.29, 1.82) is 0 Å². The normalized spacial score (nSPS) is 13.6. The molecule has 144 valence electrons. The van der Waals surface area contributed by atoms with E-state index in [0.717, 1.165) is 29.1 Å². The SMILES string of the molecule is C=c1cccc/c1=c1/c(=C)n(-c2ccccc2)c2ccc3c(c12)CCC=C3.CC. The Bertz CT molecular complexity index is 1390. The molecule has 0 saturated heterocycles. The van der Waals surface area contributed by atoms with E-state index in [1.54, 1.807) is 0 Å². The van der Waals surface area contributed by atoms with Crippen LogP contribution in [0.1, 0.15) is 31.4 Å². The Hall–Kier alpha value is -3.32. The molecule has 1 nitrogen and oxygen atoms in total. The molecule has 1 heteroatoms. The maximum Gasteiger partial charge on any atom is 0.0544 e. The van der Waals surface area contributed by atoms with Crippen LogP contribution in [0.25, 0.3) is 35.8 Å². The second-order valence-electron chi connectivity index (χ2n) is 7.12. The molecule has 0 saturated carbocycles. The molecule has 0 spiro atoms. The Balaban J connectivity index is 0.000000994. The van der Waals surface area contributed by atoms with Gasteiger partial charge >= 0.3 is 0 Å². The molecule has 1 heterocycles. The minimum Gasteiger partial charge on any atom is -0.310 e. The highest BCUT2D eigenvalue weighted by Gasteiger charge is 2.16. The highest BCUT2D eigenvalue weighted by Crippen LogP contribution is 2.29. The van der Waals surface area contributed by atoms with Crippen LogP contribution < -0.4 is 10.6 Å². The smallest absolute Gasteiger partial charge is 0.0544 e. The fourth-order valence-electron chi connectivity index (χ4n) is 4.31. The quantitative estimate of drug-likeness (QED) is 0.400. The highest BCUT2D eigenvalue weighted by atomic mass is 15.0. The number of para-hydroxylation sites is 1. The van der Waals surface area contributed by atoms with Gasteiger partial charge in [-0.2, -0.15) is 0 Å². The van der Waals surface area contributed by atoms with Gasteiger partial charge in [0.05, 0.1) is 5.52 Å². The van der Waals surface area contributed by atoms with Crippen LogP contribution in [0, 0.1) is 10.4 Å². The molecule has 3 aromatic carbocycles. The standard InChI is InChI=1S/C26H21N.C2H6/c1-18-10-6-8-14-22(18)25-19(2)27(21-12-4-3-5-13-21)24-17-16-20-11-7-9-15-23(20)26(24)25;1-2/h3-8,10-14,16-17H,1-2,9,15H2;1-2H3/b25-22+;. The maximum atomic E-state index is 4.52. The van der Waals surface area contributed by atoms with Crippen molar-refractivity contribution in [1.82, 2.24) is 4.57 Å². The lowest BCUT2D eigenvalue weighted by Gasteiger charge is -2.13. The van der Waals surface area contributed by atoms with E-state index >= 15 is 0 Å². The van der Waals surface area contributed by atoms with Crippen molar-refractivity contribution in [3.8, 4) is 5.69 Å². The molecule has 0 N–H and O–H groups in total. The largest absolute Gasteiger partial charge is 0.310 e. The average Bonchev–Trinajstić information content (AvgIpc) is 3.08. The van der Waals surface area contributed by atoms with E-state index in [-0.39, 0.29) is 0 Å². The zero-order chi connectivity index (χ0) is 20.4. The van der Waals surface area contributed by atoms with Gasteiger partial charge in [0.2, 0.25) is 0 Å². The summed E-state index contributed by atoms with van der Waals surface area (Å²) in [7, 11) is 0. The van der Waals surface area contributed by atoms with E-state index in [0.29, 0.717) is 0 Å². The van der Waals surface area contributed by atoms with E-state index < -0.39 is 0 Å². The number of nitrogens with zero attached hydrogens (tertiary/aromatic N) is 1. The summed E-state index contributed by atoms with van der Waals surface area (Å²) in [6.45, 7) is 12.8. The second kappa shape index (κ2) is 7.97. The number of fused-ring (bicyclic) bond motifs is 3. The third-order valence-electron chi connectivity index (χ3n) is 5.54. The van der Waals surface area contributed by atoms with E-state index in [9.17, 15) is 0 Å². The summed E-state index contributed by atoms with van der Waals surface area (Å²) in [6, 6.07) is 23.4. The first-order valence-corrected chi connectivity index (χ1v) is 10.4. The summed E-state index contributed by atoms with van der Waals surface area (Å²) >= 11 is 0. The lowest BCUT2D eigenvalue weighted by molar-refractivity contribution is 0.996. The van der Waals surface area contributed by atoms with Crippen molar-refractivity contribution in [2.24, 2.45) is 0 Å². The molecular formula is C28H27N. The van der Waals surface area contributed by atoms with Gasteiger partial charge in [-0.1, -0.05) is 87.7 Å². The Morgan fingerprint density at radius 2 is 1.55 bits per heavy atom. The molecule has 1 aliphatic rings. The summed E-state index contributed by atoms with van der Waals surface area (Å²) in [6.07, 6.45) is 6.66.